The minimum Gasteiger partial charge on any atom is -0.423 e. The number of anilines is 2. The number of ether oxygens (including phenoxy) is 1. The molecule has 0 saturated carbocycles. The number of pyridine rings is 1. The number of esters is 1. The average Bonchev–Trinajstić information content (AvgIpc) is 2.48. The molecule has 0 bridgehead atoms. The van der Waals surface area contributed by atoms with Gasteiger partial charge >= 0.3 is 5.97 Å². The summed E-state index contributed by atoms with van der Waals surface area (Å²) in [4.78, 5) is 29.6. The maximum Gasteiger partial charge on any atom is 0.331 e. The first-order chi connectivity index (χ1) is 11.0. The monoisotopic (exact) mass is 331 g/mol. The third-order valence-electron chi connectivity index (χ3n) is 3.32. The van der Waals surface area contributed by atoms with Crippen molar-refractivity contribution in [2.24, 2.45) is 0 Å². The highest BCUT2D eigenvalue weighted by Gasteiger charge is 2.26. The molecule has 0 radical (unpaired) electrons. The van der Waals surface area contributed by atoms with Gasteiger partial charge in [-0.2, -0.15) is 0 Å². The first-order valence-corrected chi connectivity index (χ1v) is 7.37. The van der Waals surface area contributed by atoms with E-state index in [9.17, 15) is 9.59 Å². The lowest BCUT2D eigenvalue weighted by Crippen LogP contribution is -2.41. The van der Waals surface area contributed by atoms with Gasteiger partial charge in [0.25, 0.3) is 0 Å². The topological polar surface area (TPSA) is 71.5 Å². The largest absolute Gasteiger partial charge is 0.423 e. The van der Waals surface area contributed by atoms with Gasteiger partial charge < -0.3 is 15.0 Å². The molecule has 0 fully saturated rings. The molecular weight excluding hydrogens is 318 g/mol. The first kappa shape index (κ1) is 15.3. The lowest BCUT2D eigenvalue weighted by molar-refractivity contribution is -0.133. The molecule has 0 spiro atoms. The van der Waals surface area contributed by atoms with Gasteiger partial charge in [-0.3, -0.25) is 4.79 Å². The van der Waals surface area contributed by atoms with E-state index in [0.717, 1.165) is 5.56 Å². The number of carbonyl (C=O) groups is 2. The van der Waals surface area contributed by atoms with Crippen LogP contribution in [0.25, 0.3) is 0 Å². The van der Waals surface area contributed by atoms with Gasteiger partial charge in [0.1, 0.15) is 12.4 Å². The zero-order valence-corrected chi connectivity index (χ0v) is 13.1. The Morgan fingerprint density at radius 3 is 3.00 bits per heavy atom. The van der Waals surface area contributed by atoms with Gasteiger partial charge in [0, 0.05) is 11.2 Å². The van der Waals surface area contributed by atoms with E-state index in [0.29, 0.717) is 22.3 Å². The SMILES string of the molecule is Cc1ccnc(NC(=O)CN2CC(=O)Oc3ccc(Cl)cc32)c1. The van der Waals surface area contributed by atoms with Crippen LogP contribution >= 0.6 is 11.6 Å². The van der Waals surface area contributed by atoms with Gasteiger partial charge in [-0.25, -0.2) is 9.78 Å². The Kier molecular flexibility index (Phi) is 4.16. The van der Waals surface area contributed by atoms with E-state index in [2.05, 4.69) is 10.3 Å². The number of carbonyl (C=O) groups excluding carboxylic acids is 2. The van der Waals surface area contributed by atoms with Gasteiger partial charge in [-0.15, -0.1) is 0 Å². The molecule has 0 atom stereocenters. The zero-order valence-electron chi connectivity index (χ0n) is 12.4. The fourth-order valence-electron chi connectivity index (χ4n) is 2.32. The summed E-state index contributed by atoms with van der Waals surface area (Å²) in [6.45, 7) is 1.90. The quantitative estimate of drug-likeness (QED) is 0.690. The molecule has 0 saturated heterocycles. The molecule has 0 aliphatic carbocycles. The van der Waals surface area contributed by atoms with Crippen molar-refractivity contribution >= 4 is 35.0 Å². The molecule has 1 aliphatic rings. The van der Waals surface area contributed by atoms with Gasteiger partial charge in [0.05, 0.1) is 12.2 Å². The molecule has 0 unspecified atom stereocenters. The van der Waals surface area contributed by atoms with Crippen molar-refractivity contribution in [2.75, 3.05) is 23.3 Å². The molecule has 1 amide bonds. The first-order valence-electron chi connectivity index (χ1n) is 6.99. The van der Waals surface area contributed by atoms with Crippen LogP contribution in [0.15, 0.2) is 36.5 Å². The van der Waals surface area contributed by atoms with Crippen molar-refractivity contribution in [3.8, 4) is 5.75 Å². The predicted octanol–water partition coefficient (Wildman–Crippen LogP) is 2.41. The number of hydrogen-bond acceptors (Lipinski definition) is 5. The Balaban J connectivity index is 1.76. The van der Waals surface area contributed by atoms with Gasteiger partial charge in [0.15, 0.2) is 5.75 Å². The van der Waals surface area contributed by atoms with E-state index >= 15 is 0 Å². The van der Waals surface area contributed by atoms with Crippen molar-refractivity contribution < 1.29 is 14.3 Å². The Bertz CT molecular complexity index is 779. The van der Waals surface area contributed by atoms with Crippen molar-refractivity contribution in [3.05, 3.63) is 47.1 Å². The maximum atomic E-state index is 12.2. The number of hydrogen-bond donors (Lipinski definition) is 1. The number of aryl methyl sites for hydroxylation is 1. The van der Waals surface area contributed by atoms with E-state index in [4.69, 9.17) is 16.3 Å². The lowest BCUT2D eigenvalue weighted by atomic mass is 10.2. The molecule has 23 heavy (non-hydrogen) atoms. The van der Waals surface area contributed by atoms with Crippen LogP contribution in [0.1, 0.15) is 5.56 Å². The summed E-state index contributed by atoms with van der Waals surface area (Å²) >= 11 is 5.98. The van der Waals surface area contributed by atoms with E-state index in [1.807, 2.05) is 13.0 Å². The number of halogens is 1. The van der Waals surface area contributed by atoms with E-state index in [-0.39, 0.29) is 19.0 Å². The van der Waals surface area contributed by atoms with Crippen LogP contribution in [0.3, 0.4) is 0 Å². The number of rotatable bonds is 3. The minimum atomic E-state index is -0.415. The minimum absolute atomic E-state index is 0.00192. The third-order valence-corrected chi connectivity index (χ3v) is 3.56. The van der Waals surface area contributed by atoms with Crippen LogP contribution in [0.2, 0.25) is 5.02 Å². The molecule has 6 nitrogen and oxygen atoms in total. The summed E-state index contributed by atoms with van der Waals surface area (Å²) in [5, 5.41) is 3.22. The molecule has 118 valence electrons. The number of nitrogens with one attached hydrogen (secondary N) is 1. The Hall–Kier alpha value is -2.60. The third kappa shape index (κ3) is 3.60. The van der Waals surface area contributed by atoms with Crippen molar-refractivity contribution in [1.29, 1.82) is 0 Å². The summed E-state index contributed by atoms with van der Waals surface area (Å²) in [5.74, 6) is 0.179. The molecule has 2 heterocycles. The van der Waals surface area contributed by atoms with Gasteiger partial charge in [0.2, 0.25) is 5.91 Å². The van der Waals surface area contributed by atoms with E-state index < -0.39 is 5.97 Å². The number of aromatic nitrogens is 1. The van der Waals surface area contributed by atoms with Crippen LogP contribution < -0.4 is 15.0 Å². The average molecular weight is 332 g/mol. The van der Waals surface area contributed by atoms with Crippen molar-refractivity contribution in [2.45, 2.75) is 6.92 Å². The number of fused-ring (bicyclic) bond motifs is 1. The van der Waals surface area contributed by atoms with E-state index in [1.165, 1.54) is 0 Å². The second kappa shape index (κ2) is 6.26. The summed E-state index contributed by atoms with van der Waals surface area (Å²) < 4.78 is 5.15. The standard InChI is InChI=1S/C16H14ClN3O3/c1-10-4-5-18-14(6-10)19-15(21)8-20-9-16(22)23-13-3-2-11(17)7-12(13)20/h2-7H,8-9H2,1H3,(H,18,19,21). The summed E-state index contributed by atoms with van der Waals surface area (Å²) in [6.07, 6.45) is 1.62. The highest BCUT2D eigenvalue weighted by Crippen LogP contribution is 2.34. The predicted molar refractivity (Wildman–Crippen MR) is 86.9 cm³/mol. The van der Waals surface area contributed by atoms with Gasteiger partial charge in [-0.05, 0) is 42.8 Å². The Labute approximate surface area is 138 Å². The number of amides is 1. The second-order valence-corrected chi connectivity index (χ2v) is 5.65. The molecule has 1 N–H and O–H groups in total. The van der Waals surface area contributed by atoms with Crippen LogP contribution in [0, 0.1) is 6.92 Å². The summed E-state index contributed by atoms with van der Waals surface area (Å²) in [7, 11) is 0. The van der Waals surface area contributed by atoms with Crippen LogP contribution in [0.4, 0.5) is 11.5 Å². The zero-order chi connectivity index (χ0) is 16.4. The Morgan fingerprint density at radius 1 is 1.39 bits per heavy atom. The van der Waals surface area contributed by atoms with Crippen molar-refractivity contribution in [3.63, 3.8) is 0 Å². The molecule has 1 aromatic carbocycles. The fourth-order valence-corrected chi connectivity index (χ4v) is 2.49. The summed E-state index contributed by atoms with van der Waals surface area (Å²) in [6, 6.07) is 8.53. The molecule has 1 aliphatic heterocycles. The number of benzene rings is 1. The second-order valence-electron chi connectivity index (χ2n) is 5.21. The number of nitrogens with zero attached hydrogens (tertiary/aromatic N) is 2. The van der Waals surface area contributed by atoms with Gasteiger partial charge in [-0.1, -0.05) is 11.6 Å². The van der Waals surface area contributed by atoms with Crippen LogP contribution in [-0.4, -0.2) is 29.9 Å². The smallest absolute Gasteiger partial charge is 0.331 e. The molecular formula is C16H14ClN3O3. The van der Waals surface area contributed by atoms with Crippen LogP contribution in [-0.2, 0) is 9.59 Å². The highest BCUT2D eigenvalue weighted by molar-refractivity contribution is 6.31. The Morgan fingerprint density at radius 2 is 2.22 bits per heavy atom. The lowest BCUT2D eigenvalue weighted by Gasteiger charge is -2.29. The normalized spacial score (nSPS) is 13.3. The van der Waals surface area contributed by atoms with Crippen LogP contribution in [0.5, 0.6) is 5.75 Å². The molecule has 3 rings (SSSR count). The highest BCUT2D eigenvalue weighted by atomic mass is 35.5. The molecule has 1 aromatic heterocycles. The molecule has 7 heteroatoms. The fraction of sp³-hybridized carbons (Fsp3) is 0.188. The molecule has 2 aromatic rings. The van der Waals surface area contributed by atoms with Crippen molar-refractivity contribution in [1.82, 2.24) is 4.98 Å². The maximum absolute atomic E-state index is 12.2. The summed E-state index contributed by atoms with van der Waals surface area (Å²) in [5.41, 5.74) is 1.61. The van der Waals surface area contributed by atoms with E-state index in [1.54, 1.807) is 35.4 Å².